The number of amides is 1. The molecule has 4 nitrogen and oxygen atoms in total. The summed E-state index contributed by atoms with van der Waals surface area (Å²) in [4.78, 5) is 19.6. The van der Waals surface area contributed by atoms with Crippen molar-refractivity contribution in [3.05, 3.63) is 52.0 Å². The highest BCUT2D eigenvalue weighted by Gasteiger charge is 2.35. The van der Waals surface area contributed by atoms with Crippen LogP contribution in [0.2, 0.25) is 0 Å². The van der Waals surface area contributed by atoms with Gasteiger partial charge in [-0.25, -0.2) is 4.98 Å². The van der Waals surface area contributed by atoms with Crippen molar-refractivity contribution in [1.29, 1.82) is 0 Å². The number of nitrogens with zero attached hydrogens (tertiary/aromatic N) is 2. The van der Waals surface area contributed by atoms with Gasteiger partial charge in [-0.15, -0.1) is 11.3 Å². The Morgan fingerprint density at radius 2 is 2.21 bits per heavy atom. The molecule has 1 aromatic carbocycles. The normalized spacial score (nSPS) is 23.0. The van der Waals surface area contributed by atoms with E-state index in [-0.39, 0.29) is 18.1 Å². The van der Waals surface area contributed by atoms with Crippen molar-refractivity contribution in [2.45, 2.75) is 50.8 Å². The first-order valence-corrected chi connectivity index (χ1v) is 9.59. The van der Waals surface area contributed by atoms with E-state index in [0.717, 1.165) is 37.1 Å². The van der Waals surface area contributed by atoms with Crippen LogP contribution in [0.4, 0.5) is 0 Å². The summed E-state index contributed by atoms with van der Waals surface area (Å²) >= 11 is 1.61. The Labute approximate surface area is 146 Å². The topological polar surface area (TPSA) is 42.4 Å². The Bertz CT molecular complexity index is 695. The van der Waals surface area contributed by atoms with Crippen molar-refractivity contribution in [1.82, 2.24) is 9.88 Å². The first-order valence-electron chi connectivity index (χ1n) is 8.71. The lowest BCUT2D eigenvalue weighted by Gasteiger charge is -2.36. The summed E-state index contributed by atoms with van der Waals surface area (Å²) in [6.07, 6.45) is 6.58. The first-order chi connectivity index (χ1) is 11.8. The van der Waals surface area contributed by atoms with Crippen molar-refractivity contribution >= 4 is 17.2 Å². The van der Waals surface area contributed by atoms with Crippen molar-refractivity contribution in [3.8, 4) is 0 Å². The second-order valence-electron chi connectivity index (χ2n) is 6.50. The SMILES string of the molecule is O=C([C@@H]1CCCO1)N(Cc1nccs1)[C@H]1CCCc2ccccc21. The molecule has 1 fully saturated rings. The van der Waals surface area contributed by atoms with Gasteiger partial charge in [-0.05, 0) is 43.2 Å². The molecule has 2 aromatic rings. The quantitative estimate of drug-likeness (QED) is 0.850. The van der Waals surface area contributed by atoms with Gasteiger partial charge in [0.25, 0.3) is 5.91 Å². The number of carbonyl (C=O) groups is 1. The lowest BCUT2D eigenvalue weighted by molar-refractivity contribution is -0.144. The average Bonchev–Trinajstić information content (AvgIpc) is 3.32. The summed E-state index contributed by atoms with van der Waals surface area (Å²) < 4.78 is 5.69. The molecule has 0 spiro atoms. The van der Waals surface area contributed by atoms with Crippen LogP contribution >= 0.6 is 11.3 Å². The monoisotopic (exact) mass is 342 g/mol. The third-order valence-corrected chi connectivity index (χ3v) is 5.76. The van der Waals surface area contributed by atoms with Gasteiger partial charge in [-0.1, -0.05) is 24.3 Å². The second-order valence-corrected chi connectivity index (χ2v) is 7.48. The number of benzene rings is 1. The molecule has 2 aliphatic rings. The van der Waals surface area contributed by atoms with Crippen LogP contribution in [-0.4, -0.2) is 28.5 Å². The number of carbonyl (C=O) groups excluding carboxylic acids is 1. The van der Waals surface area contributed by atoms with E-state index >= 15 is 0 Å². The molecule has 126 valence electrons. The highest BCUT2D eigenvalue weighted by molar-refractivity contribution is 7.09. The minimum Gasteiger partial charge on any atom is -0.368 e. The maximum atomic E-state index is 13.2. The fraction of sp³-hybridized carbons (Fsp3) is 0.474. The van der Waals surface area contributed by atoms with Gasteiger partial charge < -0.3 is 9.64 Å². The molecular weight excluding hydrogens is 320 g/mol. The molecule has 0 saturated carbocycles. The fourth-order valence-electron chi connectivity index (χ4n) is 3.83. The van der Waals surface area contributed by atoms with Crippen LogP contribution in [-0.2, 0) is 22.5 Å². The zero-order valence-electron chi connectivity index (χ0n) is 13.7. The third-order valence-electron chi connectivity index (χ3n) is 4.99. The highest BCUT2D eigenvalue weighted by Crippen LogP contribution is 2.36. The number of fused-ring (bicyclic) bond motifs is 1. The van der Waals surface area contributed by atoms with Crippen molar-refractivity contribution in [2.24, 2.45) is 0 Å². The van der Waals surface area contributed by atoms with Gasteiger partial charge in [0.1, 0.15) is 11.1 Å². The summed E-state index contributed by atoms with van der Waals surface area (Å²) in [5.41, 5.74) is 2.67. The maximum absolute atomic E-state index is 13.2. The van der Waals surface area contributed by atoms with Gasteiger partial charge in [-0.2, -0.15) is 0 Å². The molecule has 1 amide bonds. The maximum Gasteiger partial charge on any atom is 0.252 e. The number of aromatic nitrogens is 1. The summed E-state index contributed by atoms with van der Waals surface area (Å²) in [6, 6.07) is 8.68. The van der Waals surface area contributed by atoms with Gasteiger partial charge in [0, 0.05) is 18.2 Å². The van der Waals surface area contributed by atoms with Gasteiger partial charge in [0.15, 0.2) is 0 Å². The standard InChI is InChI=1S/C19H22N2O2S/c22-19(17-9-4-11-23-17)21(13-18-20-10-12-24-18)16-8-3-6-14-5-1-2-7-15(14)16/h1-2,5,7,10,12,16-17H,3-4,6,8-9,11,13H2/t16-,17-/m0/s1. The lowest BCUT2D eigenvalue weighted by Crippen LogP contribution is -2.42. The molecule has 1 aliphatic heterocycles. The number of thiazole rings is 1. The van der Waals surface area contributed by atoms with Crippen LogP contribution in [0.25, 0.3) is 0 Å². The third kappa shape index (κ3) is 3.10. The summed E-state index contributed by atoms with van der Waals surface area (Å²) in [6.45, 7) is 1.28. The van der Waals surface area contributed by atoms with Crippen LogP contribution in [0.15, 0.2) is 35.8 Å². The Balaban J connectivity index is 1.66. The molecule has 4 rings (SSSR count). The number of hydrogen-bond acceptors (Lipinski definition) is 4. The predicted octanol–water partition coefficient (Wildman–Crippen LogP) is 3.73. The van der Waals surface area contributed by atoms with Gasteiger partial charge in [0.05, 0.1) is 12.6 Å². The van der Waals surface area contributed by atoms with E-state index in [4.69, 9.17) is 4.74 Å². The number of ether oxygens (including phenoxy) is 1. The molecule has 0 N–H and O–H groups in total. The van der Waals surface area contributed by atoms with E-state index < -0.39 is 0 Å². The fourth-order valence-corrected chi connectivity index (χ4v) is 4.44. The summed E-state index contributed by atoms with van der Waals surface area (Å²) in [5.74, 6) is 0.129. The Kier molecular flexibility index (Phi) is 4.63. The summed E-state index contributed by atoms with van der Waals surface area (Å²) in [5, 5.41) is 2.96. The molecule has 1 saturated heterocycles. The zero-order valence-corrected chi connectivity index (χ0v) is 14.5. The highest BCUT2D eigenvalue weighted by atomic mass is 32.1. The smallest absolute Gasteiger partial charge is 0.252 e. The van der Waals surface area contributed by atoms with Crippen LogP contribution in [0, 0.1) is 0 Å². The van der Waals surface area contributed by atoms with Crippen molar-refractivity contribution < 1.29 is 9.53 Å². The van der Waals surface area contributed by atoms with Crippen LogP contribution in [0.3, 0.4) is 0 Å². The molecule has 24 heavy (non-hydrogen) atoms. The first kappa shape index (κ1) is 15.8. The van der Waals surface area contributed by atoms with E-state index in [1.54, 1.807) is 11.3 Å². The van der Waals surface area contributed by atoms with E-state index in [9.17, 15) is 4.79 Å². The van der Waals surface area contributed by atoms with Gasteiger partial charge in [-0.3, -0.25) is 4.79 Å². The van der Waals surface area contributed by atoms with E-state index in [1.165, 1.54) is 11.1 Å². The molecular formula is C19H22N2O2S. The molecule has 0 unspecified atom stereocenters. The molecule has 0 radical (unpaired) electrons. The van der Waals surface area contributed by atoms with Crippen LogP contribution in [0.1, 0.15) is 47.9 Å². The molecule has 5 heteroatoms. The Morgan fingerprint density at radius 3 is 3.00 bits per heavy atom. The molecule has 2 atom stereocenters. The molecule has 2 heterocycles. The predicted molar refractivity (Wildman–Crippen MR) is 93.8 cm³/mol. The van der Waals surface area contributed by atoms with E-state index in [2.05, 4.69) is 29.2 Å². The average molecular weight is 342 g/mol. The largest absolute Gasteiger partial charge is 0.368 e. The Hall–Kier alpha value is -1.72. The van der Waals surface area contributed by atoms with E-state index in [0.29, 0.717) is 13.2 Å². The lowest BCUT2D eigenvalue weighted by atomic mass is 9.86. The molecule has 0 bridgehead atoms. The van der Waals surface area contributed by atoms with Gasteiger partial charge in [0.2, 0.25) is 0 Å². The minimum absolute atomic E-state index is 0.129. The zero-order chi connectivity index (χ0) is 16.4. The minimum atomic E-state index is -0.279. The van der Waals surface area contributed by atoms with Crippen LogP contribution < -0.4 is 0 Å². The molecule has 1 aliphatic carbocycles. The van der Waals surface area contributed by atoms with E-state index in [1.807, 2.05) is 16.5 Å². The molecule has 1 aromatic heterocycles. The van der Waals surface area contributed by atoms with Crippen molar-refractivity contribution in [3.63, 3.8) is 0 Å². The number of hydrogen-bond donors (Lipinski definition) is 0. The number of rotatable bonds is 4. The number of aryl methyl sites for hydroxylation is 1. The Morgan fingerprint density at radius 1 is 1.29 bits per heavy atom. The summed E-state index contributed by atoms with van der Waals surface area (Å²) in [7, 11) is 0. The van der Waals surface area contributed by atoms with Crippen LogP contribution in [0.5, 0.6) is 0 Å². The van der Waals surface area contributed by atoms with Crippen molar-refractivity contribution in [2.75, 3.05) is 6.61 Å². The van der Waals surface area contributed by atoms with Gasteiger partial charge >= 0.3 is 0 Å². The second kappa shape index (κ2) is 7.03.